The van der Waals surface area contributed by atoms with E-state index in [0.29, 0.717) is 0 Å². The largest absolute Gasteiger partial charge is 0.376 e. The molecule has 0 N–H and O–H groups in total. The van der Waals surface area contributed by atoms with Gasteiger partial charge in [-0.15, -0.1) is 12.6 Å². The fraction of sp³-hybridized carbons (Fsp3) is 0.250. The molecular formula is C8H10ClNS. The molecular weight excluding hydrogens is 178 g/mol. The lowest BCUT2D eigenvalue weighted by atomic mass is 10.3. The molecule has 0 bridgehead atoms. The summed E-state index contributed by atoms with van der Waals surface area (Å²) in [5, 5.41) is 0.757. The molecule has 0 fully saturated rings. The van der Waals surface area contributed by atoms with E-state index in [9.17, 15) is 0 Å². The van der Waals surface area contributed by atoms with Gasteiger partial charge in [0.1, 0.15) is 0 Å². The maximum absolute atomic E-state index is 5.92. The maximum Gasteiger partial charge on any atom is 0.0640 e. The lowest BCUT2D eigenvalue weighted by molar-refractivity contribution is 1.12. The Balaban J connectivity index is 3.13. The Kier molecular flexibility index (Phi) is 2.68. The summed E-state index contributed by atoms with van der Waals surface area (Å²) < 4.78 is 0. The summed E-state index contributed by atoms with van der Waals surface area (Å²) in [6.07, 6.45) is 0. The van der Waals surface area contributed by atoms with Gasteiger partial charge in [0, 0.05) is 19.0 Å². The SMILES string of the molecule is CN(C)c1cc(S)ccc1Cl. The first-order valence-corrected chi connectivity index (χ1v) is 4.09. The molecule has 0 atom stereocenters. The molecule has 0 spiro atoms. The molecule has 60 valence electrons. The van der Waals surface area contributed by atoms with Crippen molar-refractivity contribution in [3.63, 3.8) is 0 Å². The topological polar surface area (TPSA) is 3.24 Å². The third-order valence-electron chi connectivity index (χ3n) is 1.41. The first-order chi connectivity index (χ1) is 5.11. The number of rotatable bonds is 1. The Bertz CT molecular complexity index is 260. The van der Waals surface area contributed by atoms with E-state index >= 15 is 0 Å². The minimum atomic E-state index is 0.757. The second-order valence-electron chi connectivity index (χ2n) is 2.53. The maximum atomic E-state index is 5.92. The number of halogens is 1. The zero-order chi connectivity index (χ0) is 8.43. The van der Waals surface area contributed by atoms with Crippen LogP contribution in [-0.2, 0) is 0 Å². The fourth-order valence-corrected chi connectivity index (χ4v) is 1.33. The van der Waals surface area contributed by atoms with Gasteiger partial charge in [-0.3, -0.25) is 0 Å². The lowest BCUT2D eigenvalue weighted by Crippen LogP contribution is -2.08. The van der Waals surface area contributed by atoms with Crippen LogP contribution in [-0.4, -0.2) is 14.1 Å². The molecule has 0 aliphatic carbocycles. The van der Waals surface area contributed by atoms with E-state index in [2.05, 4.69) is 12.6 Å². The molecule has 0 unspecified atom stereocenters. The first kappa shape index (κ1) is 8.75. The predicted octanol–water partition coefficient (Wildman–Crippen LogP) is 2.69. The van der Waals surface area contributed by atoms with Crippen LogP contribution in [0.4, 0.5) is 5.69 Å². The number of hydrogen-bond donors (Lipinski definition) is 1. The third kappa shape index (κ3) is 2.04. The van der Waals surface area contributed by atoms with Gasteiger partial charge < -0.3 is 4.90 Å². The highest BCUT2D eigenvalue weighted by Crippen LogP contribution is 2.26. The zero-order valence-corrected chi connectivity index (χ0v) is 8.15. The molecule has 1 aromatic rings. The molecule has 1 aromatic carbocycles. The Morgan fingerprint density at radius 3 is 2.45 bits per heavy atom. The average Bonchev–Trinajstić information content (AvgIpc) is 1.94. The Hall–Kier alpha value is -0.340. The summed E-state index contributed by atoms with van der Waals surface area (Å²) >= 11 is 10.1. The third-order valence-corrected chi connectivity index (χ3v) is 2.01. The smallest absolute Gasteiger partial charge is 0.0640 e. The van der Waals surface area contributed by atoms with Crippen LogP contribution in [0.5, 0.6) is 0 Å². The number of nitrogens with zero attached hydrogens (tertiary/aromatic N) is 1. The van der Waals surface area contributed by atoms with Gasteiger partial charge in [0.15, 0.2) is 0 Å². The molecule has 0 heterocycles. The van der Waals surface area contributed by atoms with Gasteiger partial charge in [-0.25, -0.2) is 0 Å². The molecule has 0 radical (unpaired) electrons. The van der Waals surface area contributed by atoms with Gasteiger partial charge >= 0.3 is 0 Å². The van der Waals surface area contributed by atoms with Crippen molar-refractivity contribution in [1.29, 1.82) is 0 Å². The van der Waals surface area contributed by atoms with Gasteiger partial charge in [-0.2, -0.15) is 0 Å². The van der Waals surface area contributed by atoms with Crippen LogP contribution in [0.25, 0.3) is 0 Å². The van der Waals surface area contributed by atoms with Crippen LogP contribution in [0.15, 0.2) is 23.1 Å². The number of benzene rings is 1. The highest BCUT2D eigenvalue weighted by Gasteiger charge is 2.00. The summed E-state index contributed by atoms with van der Waals surface area (Å²) in [4.78, 5) is 2.89. The average molecular weight is 188 g/mol. The van der Waals surface area contributed by atoms with Crippen molar-refractivity contribution in [3.05, 3.63) is 23.2 Å². The molecule has 3 heteroatoms. The van der Waals surface area contributed by atoms with E-state index in [-0.39, 0.29) is 0 Å². The highest BCUT2D eigenvalue weighted by molar-refractivity contribution is 7.80. The van der Waals surface area contributed by atoms with Gasteiger partial charge in [0.2, 0.25) is 0 Å². The van der Waals surface area contributed by atoms with Crippen molar-refractivity contribution in [3.8, 4) is 0 Å². The fourth-order valence-electron chi connectivity index (χ4n) is 0.844. The van der Waals surface area contributed by atoms with E-state index in [4.69, 9.17) is 11.6 Å². The number of hydrogen-bond acceptors (Lipinski definition) is 2. The van der Waals surface area contributed by atoms with Crippen LogP contribution < -0.4 is 4.90 Å². The minimum absolute atomic E-state index is 0.757. The molecule has 0 amide bonds. The van der Waals surface area contributed by atoms with Crippen LogP contribution in [0.3, 0.4) is 0 Å². The molecule has 1 rings (SSSR count). The van der Waals surface area contributed by atoms with E-state index in [0.717, 1.165) is 15.6 Å². The Labute approximate surface area is 77.4 Å². The standard InChI is InChI=1S/C8H10ClNS/c1-10(2)8-5-6(11)3-4-7(8)9/h3-5,11H,1-2H3. The molecule has 11 heavy (non-hydrogen) atoms. The van der Waals surface area contributed by atoms with Crippen molar-refractivity contribution in [2.45, 2.75) is 4.90 Å². The van der Waals surface area contributed by atoms with Crippen LogP contribution in [0, 0.1) is 0 Å². The lowest BCUT2D eigenvalue weighted by Gasteiger charge is -2.14. The van der Waals surface area contributed by atoms with Crippen molar-refractivity contribution in [2.24, 2.45) is 0 Å². The molecule has 0 aromatic heterocycles. The summed E-state index contributed by atoms with van der Waals surface area (Å²) in [7, 11) is 3.91. The summed E-state index contributed by atoms with van der Waals surface area (Å²) in [5.41, 5.74) is 0.999. The summed E-state index contributed by atoms with van der Waals surface area (Å²) in [5.74, 6) is 0. The molecule has 0 saturated heterocycles. The number of thiol groups is 1. The summed E-state index contributed by atoms with van der Waals surface area (Å²) in [6, 6.07) is 5.66. The van der Waals surface area contributed by atoms with Crippen molar-refractivity contribution in [1.82, 2.24) is 0 Å². The van der Waals surface area contributed by atoms with E-state index in [1.54, 1.807) is 0 Å². The van der Waals surface area contributed by atoms with Crippen LogP contribution >= 0.6 is 24.2 Å². The second kappa shape index (κ2) is 3.37. The Morgan fingerprint density at radius 2 is 2.00 bits per heavy atom. The van der Waals surface area contributed by atoms with E-state index in [1.165, 1.54) is 0 Å². The van der Waals surface area contributed by atoms with Gasteiger partial charge in [-0.1, -0.05) is 11.6 Å². The van der Waals surface area contributed by atoms with Crippen LogP contribution in [0.1, 0.15) is 0 Å². The molecule has 0 saturated carbocycles. The van der Waals surface area contributed by atoms with Crippen molar-refractivity contribution >= 4 is 29.9 Å². The normalized spacial score (nSPS) is 9.82. The molecule has 0 aliphatic heterocycles. The molecule has 1 nitrogen and oxygen atoms in total. The predicted molar refractivity (Wildman–Crippen MR) is 53.0 cm³/mol. The van der Waals surface area contributed by atoms with E-state index in [1.807, 2.05) is 37.2 Å². The van der Waals surface area contributed by atoms with Crippen LogP contribution in [0.2, 0.25) is 5.02 Å². The van der Waals surface area contributed by atoms with Gasteiger partial charge in [-0.05, 0) is 18.2 Å². The first-order valence-electron chi connectivity index (χ1n) is 3.27. The van der Waals surface area contributed by atoms with Crippen molar-refractivity contribution < 1.29 is 0 Å². The number of anilines is 1. The Morgan fingerprint density at radius 1 is 1.36 bits per heavy atom. The van der Waals surface area contributed by atoms with E-state index < -0.39 is 0 Å². The highest BCUT2D eigenvalue weighted by atomic mass is 35.5. The molecule has 0 aliphatic rings. The zero-order valence-electron chi connectivity index (χ0n) is 6.50. The van der Waals surface area contributed by atoms with Crippen molar-refractivity contribution in [2.75, 3.05) is 19.0 Å². The van der Waals surface area contributed by atoms with Gasteiger partial charge in [0.05, 0.1) is 10.7 Å². The minimum Gasteiger partial charge on any atom is -0.376 e. The van der Waals surface area contributed by atoms with Gasteiger partial charge in [0.25, 0.3) is 0 Å². The summed E-state index contributed by atoms with van der Waals surface area (Å²) in [6.45, 7) is 0. The second-order valence-corrected chi connectivity index (χ2v) is 3.45. The monoisotopic (exact) mass is 187 g/mol. The quantitative estimate of drug-likeness (QED) is 0.662.